The average Bonchev–Trinajstić information content (AvgIpc) is 2.58. The molecule has 3 heteroatoms. The minimum Gasteiger partial charge on any atom is -0.350 e. The Balaban J connectivity index is 2.46. The van der Waals surface area contributed by atoms with Gasteiger partial charge in [0.2, 0.25) is 0 Å². The second kappa shape index (κ2) is 3.82. The SMILES string of the molecule is Cn1ccc2cccc(CCON)c21. The summed E-state index contributed by atoms with van der Waals surface area (Å²) in [6.07, 6.45) is 2.92. The Morgan fingerprint density at radius 1 is 1.36 bits per heavy atom. The van der Waals surface area contributed by atoms with Gasteiger partial charge in [0.1, 0.15) is 0 Å². The number of benzene rings is 1. The normalized spacial score (nSPS) is 11.0. The molecule has 74 valence electrons. The highest BCUT2D eigenvalue weighted by molar-refractivity contribution is 5.83. The molecule has 0 aliphatic carbocycles. The third-order valence-electron chi connectivity index (χ3n) is 2.47. The molecule has 0 fully saturated rings. The van der Waals surface area contributed by atoms with Gasteiger partial charge in [-0.2, -0.15) is 0 Å². The molecule has 0 unspecified atom stereocenters. The summed E-state index contributed by atoms with van der Waals surface area (Å²) in [5.41, 5.74) is 2.55. The van der Waals surface area contributed by atoms with Crippen LogP contribution in [0.5, 0.6) is 0 Å². The molecule has 0 aliphatic rings. The predicted molar refractivity (Wildman–Crippen MR) is 56.8 cm³/mol. The van der Waals surface area contributed by atoms with E-state index in [4.69, 9.17) is 5.90 Å². The van der Waals surface area contributed by atoms with Crippen molar-refractivity contribution < 1.29 is 4.84 Å². The van der Waals surface area contributed by atoms with E-state index in [1.165, 1.54) is 16.5 Å². The van der Waals surface area contributed by atoms with E-state index in [1.807, 2.05) is 0 Å². The first-order valence-corrected chi connectivity index (χ1v) is 4.67. The van der Waals surface area contributed by atoms with Gasteiger partial charge in [-0.15, -0.1) is 0 Å². The van der Waals surface area contributed by atoms with Crippen LogP contribution < -0.4 is 5.90 Å². The first-order valence-electron chi connectivity index (χ1n) is 4.67. The summed E-state index contributed by atoms with van der Waals surface area (Å²) in [6, 6.07) is 8.40. The van der Waals surface area contributed by atoms with Crippen molar-refractivity contribution in [2.45, 2.75) is 6.42 Å². The van der Waals surface area contributed by atoms with E-state index in [2.05, 4.69) is 46.9 Å². The third-order valence-corrected chi connectivity index (χ3v) is 2.47. The Morgan fingerprint density at radius 2 is 2.21 bits per heavy atom. The quantitative estimate of drug-likeness (QED) is 0.747. The van der Waals surface area contributed by atoms with Crippen LogP contribution in [0.15, 0.2) is 30.5 Å². The zero-order chi connectivity index (χ0) is 9.97. The Kier molecular flexibility index (Phi) is 2.52. The van der Waals surface area contributed by atoms with Gasteiger partial charge >= 0.3 is 0 Å². The molecule has 2 rings (SSSR count). The number of nitrogens with two attached hydrogens (primary N) is 1. The molecule has 0 saturated carbocycles. The van der Waals surface area contributed by atoms with E-state index in [9.17, 15) is 0 Å². The number of rotatable bonds is 3. The number of fused-ring (bicyclic) bond motifs is 1. The first kappa shape index (κ1) is 9.24. The predicted octanol–water partition coefficient (Wildman–Crippen LogP) is 1.61. The van der Waals surface area contributed by atoms with Crippen molar-refractivity contribution in [2.24, 2.45) is 12.9 Å². The van der Waals surface area contributed by atoms with Crippen molar-refractivity contribution in [3.8, 4) is 0 Å². The highest BCUT2D eigenvalue weighted by Crippen LogP contribution is 2.19. The van der Waals surface area contributed by atoms with Crippen LogP contribution in [0.2, 0.25) is 0 Å². The van der Waals surface area contributed by atoms with Gasteiger partial charge in [0.25, 0.3) is 0 Å². The lowest BCUT2D eigenvalue weighted by Gasteiger charge is -2.04. The Labute approximate surface area is 83.0 Å². The van der Waals surface area contributed by atoms with Crippen molar-refractivity contribution in [2.75, 3.05) is 6.61 Å². The van der Waals surface area contributed by atoms with E-state index in [1.54, 1.807) is 0 Å². The van der Waals surface area contributed by atoms with Gasteiger partial charge in [-0.3, -0.25) is 0 Å². The number of para-hydroxylation sites is 1. The molecule has 0 radical (unpaired) electrons. The summed E-state index contributed by atoms with van der Waals surface area (Å²) in [5, 5.41) is 1.27. The fourth-order valence-corrected chi connectivity index (χ4v) is 1.81. The van der Waals surface area contributed by atoms with Crippen molar-refractivity contribution >= 4 is 10.9 Å². The first-order chi connectivity index (χ1) is 6.83. The summed E-state index contributed by atoms with van der Waals surface area (Å²) in [4.78, 5) is 4.60. The minimum atomic E-state index is 0.560. The molecule has 1 aromatic heterocycles. The highest BCUT2D eigenvalue weighted by atomic mass is 16.6. The van der Waals surface area contributed by atoms with E-state index in [0.717, 1.165) is 6.42 Å². The summed E-state index contributed by atoms with van der Waals surface area (Å²) < 4.78 is 2.13. The maximum absolute atomic E-state index is 5.03. The average molecular weight is 190 g/mol. The van der Waals surface area contributed by atoms with Crippen molar-refractivity contribution in [3.05, 3.63) is 36.0 Å². The van der Waals surface area contributed by atoms with E-state index in [-0.39, 0.29) is 0 Å². The van der Waals surface area contributed by atoms with Gasteiger partial charge in [0.05, 0.1) is 12.1 Å². The Morgan fingerprint density at radius 3 is 3.00 bits per heavy atom. The molecular weight excluding hydrogens is 176 g/mol. The van der Waals surface area contributed by atoms with Crippen LogP contribution in [0, 0.1) is 0 Å². The van der Waals surface area contributed by atoms with Crippen LogP contribution in [0.3, 0.4) is 0 Å². The van der Waals surface area contributed by atoms with Crippen molar-refractivity contribution in [3.63, 3.8) is 0 Å². The van der Waals surface area contributed by atoms with Crippen LogP contribution in [-0.2, 0) is 18.3 Å². The molecular formula is C11H14N2O. The molecule has 0 aliphatic heterocycles. The lowest BCUT2D eigenvalue weighted by atomic mass is 10.1. The molecule has 1 heterocycles. The number of hydrogen-bond acceptors (Lipinski definition) is 2. The fourth-order valence-electron chi connectivity index (χ4n) is 1.81. The second-order valence-corrected chi connectivity index (χ2v) is 3.40. The molecule has 0 amide bonds. The van der Waals surface area contributed by atoms with Gasteiger partial charge < -0.3 is 9.40 Å². The fraction of sp³-hybridized carbons (Fsp3) is 0.273. The minimum absolute atomic E-state index is 0.560. The van der Waals surface area contributed by atoms with Gasteiger partial charge in [0.15, 0.2) is 0 Å². The van der Waals surface area contributed by atoms with Gasteiger partial charge in [-0.05, 0) is 23.4 Å². The van der Waals surface area contributed by atoms with Crippen LogP contribution in [-0.4, -0.2) is 11.2 Å². The number of aryl methyl sites for hydroxylation is 1. The smallest absolute Gasteiger partial charge is 0.0720 e. The largest absolute Gasteiger partial charge is 0.350 e. The van der Waals surface area contributed by atoms with Crippen LogP contribution >= 0.6 is 0 Å². The molecule has 1 aromatic carbocycles. The van der Waals surface area contributed by atoms with Gasteiger partial charge in [-0.25, -0.2) is 5.90 Å². The summed E-state index contributed by atoms with van der Waals surface area (Å²) in [7, 11) is 2.05. The molecule has 0 bridgehead atoms. The Bertz CT molecular complexity index is 434. The molecule has 2 aromatic rings. The lowest BCUT2D eigenvalue weighted by Crippen LogP contribution is -2.04. The molecule has 14 heavy (non-hydrogen) atoms. The molecule has 0 atom stereocenters. The molecule has 0 saturated heterocycles. The van der Waals surface area contributed by atoms with Crippen LogP contribution in [0.25, 0.3) is 10.9 Å². The molecule has 3 nitrogen and oxygen atoms in total. The standard InChI is InChI=1S/C11H14N2O/c1-13-7-5-9-3-2-4-10(11(9)13)6-8-14-12/h2-5,7H,6,8,12H2,1H3. The van der Waals surface area contributed by atoms with Crippen molar-refractivity contribution in [1.82, 2.24) is 4.57 Å². The summed E-state index contributed by atoms with van der Waals surface area (Å²) in [6.45, 7) is 0.560. The number of aromatic nitrogens is 1. The maximum atomic E-state index is 5.03. The highest BCUT2D eigenvalue weighted by Gasteiger charge is 2.03. The molecule has 0 spiro atoms. The lowest BCUT2D eigenvalue weighted by molar-refractivity contribution is 0.141. The Hall–Kier alpha value is -1.32. The third kappa shape index (κ3) is 1.52. The topological polar surface area (TPSA) is 40.2 Å². The van der Waals surface area contributed by atoms with E-state index in [0.29, 0.717) is 6.61 Å². The maximum Gasteiger partial charge on any atom is 0.0720 e. The second-order valence-electron chi connectivity index (χ2n) is 3.40. The van der Waals surface area contributed by atoms with Gasteiger partial charge in [-0.1, -0.05) is 18.2 Å². The number of hydrogen-bond donors (Lipinski definition) is 1. The number of nitrogens with zero attached hydrogens (tertiary/aromatic N) is 1. The van der Waals surface area contributed by atoms with E-state index < -0.39 is 0 Å². The van der Waals surface area contributed by atoms with E-state index >= 15 is 0 Å². The zero-order valence-corrected chi connectivity index (χ0v) is 8.23. The summed E-state index contributed by atoms with van der Waals surface area (Å²) in [5.74, 6) is 5.03. The summed E-state index contributed by atoms with van der Waals surface area (Å²) >= 11 is 0. The van der Waals surface area contributed by atoms with Gasteiger partial charge in [0, 0.05) is 13.2 Å². The van der Waals surface area contributed by atoms with Crippen molar-refractivity contribution in [1.29, 1.82) is 0 Å². The van der Waals surface area contributed by atoms with Crippen LogP contribution in [0.1, 0.15) is 5.56 Å². The molecule has 2 N–H and O–H groups in total. The zero-order valence-electron chi connectivity index (χ0n) is 8.23. The van der Waals surface area contributed by atoms with Crippen LogP contribution in [0.4, 0.5) is 0 Å². The monoisotopic (exact) mass is 190 g/mol.